The number of aliphatic hydroxyl groups is 1. The first kappa shape index (κ1) is 14.8. The third-order valence-electron chi connectivity index (χ3n) is 3.32. The van der Waals surface area contributed by atoms with E-state index in [1.165, 1.54) is 0 Å². The van der Waals surface area contributed by atoms with E-state index in [4.69, 9.17) is 0 Å². The fourth-order valence-electron chi connectivity index (χ4n) is 1.83. The topological polar surface area (TPSA) is 50.1 Å². The monoisotopic (exact) mass is 273 g/mol. The number of para-hydroxylation sites is 1. The highest BCUT2D eigenvalue weighted by Crippen LogP contribution is 2.18. The lowest BCUT2D eigenvalue weighted by molar-refractivity contribution is 0.0627. The van der Waals surface area contributed by atoms with Gasteiger partial charge in [0.1, 0.15) is 0 Å². The molecule has 1 atom stereocenters. The summed E-state index contributed by atoms with van der Waals surface area (Å²) >= 11 is 0. The Labute approximate surface area is 120 Å². The molecule has 1 aromatic heterocycles. The molecule has 2 rings (SSSR count). The van der Waals surface area contributed by atoms with E-state index in [0.717, 1.165) is 11.3 Å². The van der Waals surface area contributed by atoms with Crippen LogP contribution in [-0.4, -0.2) is 27.5 Å². The third kappa shape index (κ3) is 3.92. The molecule has 0 fully saturated rings. The maximum atomic E-state index is 9.96. The third-order valence-corrected chi connectivity index (χ3v) is 3.32. The Bertz CT molecular complexity index is 528. The smallest absolute Gasteiger partial charge is 0.0712 e. The second kappa shape index (κ2) is 6.20. The van der Waals surface area contributed by atoms with Crippen molar-refractivity contribution in [2.45, 2.75) is 33.4 Å². The van der Waals surface area contributed by atoms with Crippen LogP contribution in [0.3, 0.4) is 0 Å². The Morgan fingerprint density at radius 2 is 1.95 bits per heavy atom. The van der Waals surface area contributed by atoms with Crippen molar-refractivity contribution in [2.75, 3.05) is 6.54 Å². The lowest BCUT2D eigenvalue weighted by Gasteiger charge is -2.25. The molecule has 2 N–H and O–H groups in total. The summed E-state index contributed by atoms with van der Waals surface area (Å²) in [5, 5.41) is 17.6. The number of rotatable bonds is 5. The van der Waals surface area contributed by atoms with Crippen molar-refractivity contribution in [2.24, 2.45) is 5.41 Å². The predicted octanol–water partition coefficient (Wildman–Crippen LogP) is 2.37. The van der Waals surface area contributed by atoms with Crippen LogP contribution in [0.15, 0.2) is 42.7 Å². The van der Waals surface area contributed by atoms with E-state index >= 15 is 0 Å². The molecule has 1 aromatic carbocycles. The molecule has 4 nitrogen and oxygen atoms in total. The van der Waals surface area contributed by atoms with Gasteiger partial charge >= 0.3 is 0 Å². The fourth-order valence-corrected chi connectivity index (χ4v) is 1.83. The van der Waals surface area contributed by atoms with Gasteiger partial charge in [0.25, 0.3) is 0 Å². The second-order valence-corrected chi connectivity index (χ2v) is 6.14. The molecule has 0 spiro atoms. The average molecular weight is 273 g/mol. The zero-order chi connectivity index (χ0) is 14.6. The molecule has 0 radical (unpaired) electrons. The van der Waals surface area contributed by atoms with Crippen molar-refractivity contribution in [3.8, 4) is 5.69 Å². The number of hydrogen-bond acceptors (Lipinski definition) is 3. The Kier molecular flexibility index (Phi) is 4.57. The van der Waals surface area contributed by atoms with Gasteiger partial charge in [0, 0.05) is 24.8 Å². The quantitative estimate of drug-likeness (QED) is 0.879. The van der Waals surface area contributed by atoms with E-state index in [1.807, 2.05) is 68.2 Å². The standard InChI is InChI=1S/C16H23N3O/c1-16(2,3)15(20)11-17-9-13-10-18-19(12-13)14-7-5-4-6-8-14/h4-8,10,12,15,17,20H,9,11H2,1-3H3. The molecule has 2 aromatic rings. The summed E-state index contributed by atoms with van der Waals surface area (Å²) in [4.78, 5) is 0. The van der Waals surface area contributed by atoms with Gasteiger partial charge in [-0.05, 0) is 17.5 Å². The minimum atomic E-state index is -0.355. The average Bonchev–Trinajstić information content (AvgIpc) is 2.87. The molecule has 0 amide bonds. The molecule has 4 heteroatoms. The van der Waals surface area contributed by atoms with Crippen LogP contribution in [0.1, 0.15) is 26.3 Å². The molecule has 0 aliphatic heterocycles. The maximum Gasteiger partial charge on any atom is 0.0712 e. The zero-order valence-corrected chi connectivity index (χ0v) is 12.4. The van der Waals surface area contributed by atoms with E-state index in [2.05, 4.69) is 10.4 Å². The summed E-state index contributed by atoms with van der Waals surface area (Å²) in [5.41, 5.74) is 2.06. The summed E-state index contributed by atoms with van der Waals surface area (Å²) in [6.45, 7) is 7.40. The van der Waals surface area contributed by atoms with Crippen molar-refractivity contribution in [1.29, 1.82) is 0 Å². The highest BCUT2D eigenvalue weighted by atomic mass is 16.3. The Morgan fingerprint density at radius 3 is 2.60 bits per heavy atom. The summed E-state index contributed by atoms with van der Waals surface area (Å²) in [5.74, 6) is 0. The molecule has 1 heterocycles. The number of nitrogens with one attached hydrogen (secondary N) is 1. The molecule has 0 bridgehead atoms. The van der Waals surface area contributed by atoms with Crippen LogP contribution in [-0.2, 0) is 6.54 Å². The van der Waals surface area contributed by atoms with Gasteiger partial charge in [0.2, 0.25) is 0 Å². The molecule has 0 aliphatic rings. The van der Waals surface area contributed by atoms with Gasteiger partial charge < -0.3 is 10.4 Å². The molecule has 0 saturated heterocycles. The molecular weight excluding hydrogens is 250 g/mol. The highest BCUT2D eigenvalue weighted by molar-refractivity contribution is 5.30. The van der Waals surface area contributed by atoms with Gasteiger partial charge in [0.15, 0.2) is 0 Å². The summed E-state index contributed by atoms with van der Waals surface area (Å²) < 4.78 is 1.86. The first-order valence-corrected chi connectivity index (χ1v) is 6.94. The number of nitrogens with zero attached hydrogens (tertiary/aromatic N) is 2. The van der Waals surface area contributed by atoms with E-state index in [0.29, 0.717) is 13.1 Å². The van der Waals surface area contributed by atoms with Gasteiger partial charge in [-0.3, -0.25) is 0 Å². The van der Waals surface area contributed by atoms with Crippen LogP contribution in [0.4, 0.5) is 0 Å². The van der Waals surface area contributed by atoms with Gasteiger partial charge in [0.05, 0.1) is 18.0 Å². The minimum Gasteiger partial charge on any atom is -0.391 e. The number of hydrogen-bond donors (Lipinski definition) is 2. The van der Waals surface area contributed by atoms with E-state index in [1.54, 1.807) is 0 Å². The number of benzene rings is 1. The number of aromatic nitrogens is 2. The Morgan fingerprint density at radius 1 is 1.25 bits per heavy atom. The van der Waals surface area contributed by atoms with E-state index in [-0.39, 0.29) is 11.5 Å². The molecule has 0 aliphatic carbocycles. The molecule has 108 valence electrons. The van der Waals surface area contributed by atoms with Crippen molar-refractivity contribution in [3.63, 3.8) is 0 Å². The Balaban J connectivity index is 1.88. The SMILES string of the molecule is CC(C)(C)C(O)CNCc1cnn(-c2ccccc2)c1. The van der Waals surface area contributed by atoms with Gasteiger partial charge in [-0.2, -0.15) is 5.10 Å². The van der Waals surface area contributed by atoms with Crippen LogP contribution in [0.2, 0.25) is 0 Å². The van der Waals surface area contributed by atoms with Crippen molar-refractivity contribution in [3.05, 3.63) is 48.3 Å². The first-order chi connectivity index (χ1) is 9.47. The Hall–Kier alpha value is -1.65. The summed E-state index contributed by atoms with van der Waals surface area (Å²) in [6.07, 6.45) is 3.50. The number of aliphatic hydroxyl groups excluding tert-OH is 1. The van der Waals surface area contributed by atoms with Crippen LogP contribution in [0, 0.1) is 5.41 Å². The highest BCUT2D eigenvalue weighted by Gasteiger charge is 2.21. The van der Waals surface area contributed by atoms with E-state index < -0.39 is 0 Å². The fraction of sp³-hybridized carbons (Fsp3) is 0.438. The first-order valence-electron chi connectivity index (χ1n) is 6.94. The lowest BCUT2D eigenvalue weighted by Crippen LogP contribution is -2.36. The maximum absolute atomic E-state index is 9.96. The molecule has 20 heavy (non-hydrogen) atoms. The van der Waals surface area contributed by atoms with Crippen molar-refractivity contribution >= 4 is 0 Å². The zero-order valence-electron chi connectivity index (χ0n) is 12.4. The van der Waals surface area contributed by atoms with Crippen LogP contribution in [0.25, 0.3) is 5.69 Å². The van der Waals surface area contributed by atoms with Gasteiger partial charge in [-0.25, -0.2) is 4.68 Å². The molecular formula is C16H23N3O. The van der Waals surface area contributed by atoms with Crippen LogP contribution in [0.5, 0.6) is 0 Å². The van der Waals surface area contributed by atoms with Crippen LogP contribution < -0.4 is 5.32 Å². The molecule has 0 saturated carbocycles. The minimum absolute atomic E-state index is 0.0960. The second-order valence-electron chi connectivity index (χ2n) is 6.14. The summed E-state index contributed by atoms with van der Waals surface area (Å²) in [7, 11) is 0. The van der Waals surface area contributed by atoms with Gasteiger partial charge in [-0.1, -0.05) is 39.0 Å². The van der Waals surface area contributed by atoms with Gasteiger partial charge in [-0.15, -0.1) is 0 Å². The summed E-state index contributed by atoms with van der Waals surface area (Å²) in [6, 6.07) is 10.0. The van der Waals surface area contributed by atoms with Crippen LogP contribution >= 0.6 is 0 Å². The normalized spacial score (nSPS) is 13.4. The lowest BCUT2D eigenvalue weighted by atomic mass is 9.89. The largest absolute Gasteiger partial charge is 0.391 e. The molecule has 1 unspecified atom stereocenters. The van der Waals surface area contributed by atoms with E-state index in [9.17, 15) is 5.11 Å². The van der Waals surface area contributed by atoms with Crippen molar-refractivity contribution in [1.82, 2.24) is 15.1 Å². The van der Waals surface area contributed by atoms with Crippen molar-refractivity contribution < 1.29 is 5.11 Å². The predicted molar refractivity (Wildman–Crippen MR) is 80.7 cm³/mol.